The van der Waals surface area contributed by atoms with E-state index in [0.29, 0.717) is 29.9 Å². The minimum absolute atomic E-state index is 0.0203. The van der Waals surface area contributed by atoms with Crippen LogP contribution in [0, 0.1) is 0 Å². The molecule has 0 aromatic heterocycles. The van der Waals surface area contributed by atoms with Crippen LogP contribution in [0.5, 0.6) is 0 Å². The van der Waals surface area contributed by atoms with Crippen LogP contribution in [-0.4, -0.2) is 60.2 Å². The highest BCUT2D eigenvalue weighted by atomic mass is 16.2. The SMILES string of the molecule is CCCN(CCC)C(=O)c1cccc(NC(=O)CNc2cccc(C(=O)N3CCCCC3)c2)c1. The Kier molecular flexibility index (Phi) is 9.50. The topological polar surface area (TPSA) is 81.8 Å². The number of nitrogens with one attached hydrogen (secondary N) is 2. The van der Waals surface area contributed by atoms with Crippen molar-refractivity contribution in [2.24, 2.45) is 0 Å². The Morgan fingerprint density at radius 2 is 1.47 bits per heavy atom. The summed E-state index contributed by atoms with van der Waals surface area (Å²) in [6.45, 7) is 7.19. The molecule has 0 atom stereocenters. The Labute approximate surface area is 202 Å². The number of carbonyl (C=O) groups excluding carboxylic acids is 3. The molecule has 1 fully saturated rings. The maximum absolute atomic E-state index is 12.8. The Morgan fingerprint density at radius 1 is 0.853 bits per heavy atom. The van der Waals surface area contributed by atoms with Crippen molar-refractivity contribution in [3.05, 3.63) is 59.7 Å². The first-order valence-corrected chi connectivity index (χ1v) is 12.3. The van der Waals surface area contributed by atoms with E-state index in [4.69, 9.17) is 0 Å². The molecule has 2 aromatic rings. The van der Waals surface area contributed by atoms with Gasteiger partial charge in [0, 0.05) is 48.7 Å². The van der Waals surface area contributed by atoms with Crippen molar-refractivity contribution in [1.29, 1.82) is 0 Å². The summed E-state index contributed by atoms with van der Waals surface area (Å²) in [6.07, 6.45) is 5.07. The number of nitrogens with zero attached hydrogens (tertiary/aromatic N) is 2. The summed E-state index contributed by atoms with van der Waals surface area (Å²) in [5.74, 6) is -0.209. The van der Waals surface area contributed by atoms with Crippen molar-refractivity contribution in [2.75, 3.05) is 43.4 Å². The quantitative estimate of drug-likeness (QED) is 0.537. The highest BCUT2D eigenvalue weighted by molar-refractivity contribution is 5.98. The van der Waals surface area contributed by atoms with Crippen molar-refractivity contribution in [3.63, 3.8) is 0 Å². The molecule has 34 heavy (non-hydrogen) atoms. The van der Waals surface area contributed by atoms with Crippen LogP contribution in [0.1, 0.15) is 66.7 Å². The van der Waals surface area contributed by atoms with Crippen molar-refractivity contribution >= 4 is 29.1 Å². The van der Waals surface area contributed by atoms with Gasteiger partial charge < -0.3 is 20.4 Å². The molecule has 1 aliphatic rings. The molecule has 0 saturated carbocycles. The fourth-order valence-electron chi connectivity index (χ4n) is 4.20. The van der Waals surface area contributed by atoms with Crippen LogP contribution in [0.15, 0.2) is 48.5 Å². The lowest BCUT2D eigenvalue weighted by Gasteiger charge is -2.26. The standard InChI is InChI=1S/C27H36N4O3/c1-3-14-30(15-4-2)26(33)22-11-9-13-24(19-22)29-25(32)20-28-23-12-8-10-21(18-23)27(34)31-16-6-5-7-17-31/h8-13,18-19,28H,3-7,14-17,20H2,1-2H3,(H,29,32). The van der Waals surface area contributed by atoms with Crippen LogP contribution in [0.3, 0.4) is 0 Å². The zero-order valence-corrected chi connectivity index (χ0v) is 20.3. The molecule has 0 radical (unpaired) electrons. The third kappa shape index (κ3) is 7.07. The fourth-order valence-corrected chi connectivity index (χ4v) is 4.20. The molecule has 1 aliphatic heterocycles. The van der Waals surface area contributed by atoms with Crippen LogP contribution in [-0.2, 0) is 4.79 Å². The first-order chi connectivity index (χ1) is 16.5. The zero-order valence-electron chi connectivity index (χ0n) is 20.3. The molecule has 1 saturated heterocycles. The van der Waals surface area contributed by atoms with Gasteiger partial charge in [-0.1, -0.05) is 26.0 Å². The second-order valence-electron chi connectivity index (χ2n) is 8.71. The van der Waals surface area contributed by atoms with Gasteiger partial charge in [-0.15, -0.1) is 0 Å². The van der Waals surface area contributed by atoms with Crippen LogP contribution in [0.4, 0.5) is 11.4 Å². The van der Waals surface area contributed by atoms with E-state index >= 15 is 0 Å². The van der Waals surface area contributed by atoms with Gasteiger partial charge in [-0.3, -0.25) is 14.4 Å². The van der Waals surface area contributed by atoms with Gasteiger partial charge in [0.1, 0.15) is 0 Å². The van der Waals surface area contributed by atoms with Gasteiger partial charge >= 0.3 is 0 Å². The molecule has 2 aromatic carbocycles. The minimum atomic E-state index is -0.226. The number of carbonyl (C=O) groups is 3. The summed E-state index contributed by atoms with van der Waals surface area (Å²) in [7, 11) is 0. The maximum Gasteiger partial charge on any atom is 0.253 e. The monoisotopic (exact) mass is 464 g/mol. The summed E-state index contributed by atoms with van der Waals surface area (Å²) in [5, 5.41) is 5.95. The highest BCUT2D eigenvalue weighted by Crippen LogP contribution is 2.17. The van der Waals surface area contributed by atoms with E-state index < -0.39 is 0 Å². The number of amides is 3. The van der Waals surface area contributed by atoms with Gasteiger partial charge in [0.25, 0.3) is 11.8 Å². The van der Waals surface area contributed by atoms with E-state index in [2.05, 4.69) is 24.5 Å². The van der Waals surface area contributed by atoms with E-state index in [1.807, 2.05) is 28.0 Å². The molecule has 3 rings (SSSR count). The number of piperidine rings is 1. The second-order valence-corrected chi connectivity index (χ2v) is 8.71. The molecule has 182 valence electrons. The van der Waals surface area contributed by atoms with Gasteiger partial charge in [-0.2, -0.15) is 0 Å². The molecule has 0 bridgehead atoms. The Bertz CT molecular complexity index is 979. The molecule has 0 aliphatic carbocycles. The molecule has 7 heteroatoms. The van der Waals surface area contributed by atoms with E-state index in [9.17, 15) is 14.4 Å². The second kappa shape index (κ2) is 12.8. The predicted octanol–water partition coefficient (Wildman–Crippen LogP) is 4.63. The van der Waals surface area contributed by atoms with Crippen LogP contribution in [0.2, 0.25) is 0 Å². The predicted molar refractivity (Wildman–Crippen MR) is 136 cm³/mol. The number of benzene rings is 2. The molecule has 7 nitrogen and oxygen atoms in total. The molecule has 0 spiro atoms. The van der Waals surface area contributed by atoms with Crippen molar-refractivity contribution in [2.45, 2.75) is 46.0 Å². The Hall–Kier alpha value is -3.35. The minimum Gasteiger partial charge on any atom is -0.376 e. The average molecular weight is 465 g/mol. The largest absolute Gasteiger partial charge is 0.376 e. The van der Waals surface area contributed by atoms with Crippen LogP contribution in [0.25, 0.3) is 0 Å². The van der Waals surface area contributed by atoms with Gasteiger partial charge in [0.05, 0.1) is 6.54 Å². The highest BCUT2D eigenvalue weighted by Gasteiger charge is 2.18. The summed E-state index contributed by atoms with van der Waals surface area (Å²) >= 11 is 0. The smallest absolute Gasteiger partial charge is 0.253 e. The molecule has 1 heterocycles. The van der Waals surface area contributed by atoms with Gasteiger partial charge in [0.15, 0.2) is 0 Å². The number of likely N-dealkylation sites (tertiary alicyclic amines) is 1. The zero-order chi connectivity index (χ0) is 24.3. The van der Waals surface area contributed by atoms with E-state index in [-0.39, 0.29) is 24.3 Å². The number of hydrogen-bond acceptors (Lipinski definition) is 4. The molecule has 0 unspecified atom stereocenters. The van der Waals surface area contributed by atoms with E-state index in [0.717, 1.165) is 44.5 Å². The third-order valence-corrected chi connectivity index (χ3v) is 5.87. The fraction of sp³-hybridized carbons (Fsp3) is 0.444. The molecular weight excluding hydrogens is 428 g/mol. The summed E-state index contributed by atoms with van der Waals surface area (Å²) in [4.78, 5) is 41.9. The third-order valence-electron chi connectivity index (χ3n) is 5.87. The Balaban J connectivity index is 1.57. The van der Waals surface area contributed by atoms with Gasteiger partial charge in [-0.05, 0) is 68.5 Å². The average Bonchev–Trinajstić information content (AvgIpc) is 2.87. The first-order valence-electron chi connectivity index (χ1n) is 12.3. The van der Waals surface area contributed by atoms with Crippen LogP contribution >= 0.6 is 0 Å². The summed E-state index contributed by atoms with van der Waals surface area (Å²) < 4.78 is 0. The van der Waals surface area contributed by atoms with E-state index in [1.54, 1.807) is 30.3 Å². The maximum atomic E-state index is 12.8. The van der Waals surface area contributed by atoms with Gasteiger partial charge in [-0.25, -0.2) is 0 Å². The van der Waals surface area contributed by atoms with Crippen molar-refractivity contribution < 1.29 is 14.4 Å². The van der Waals surface area contributed by atoms with Crippen molar-refractivity contribution in [1.82, 2.24) is 9.80 Å². The van der Waals surface area contributed by atoms with Crippen LogP contribution < -0.4 is 10.6 Å². The van der Waals surface area contributed by atoms with Gasteiger partial charge in [0.2, 0.25) is 5.91 Å². The lowest BCUT2D eigenvalue weighted by molar-refractivity contribution is -0.114. The normalized spacial score (nSPS) is 13.3. The molecule has 3 amide bonds. The first kappa shape index (κ1) is 25.3. The summed E-state index contributed by atoms with van der Waals surface area (Å²) in [5.41, 5.74) is 2.50. The number of hydrogen-bond donors (Lipinski definition) is 2. The number of rotatable bonds is 10. The van der Waals surface area contributed by atoms with E-state index in [1.165, 1.54) is 6.42 Å². The van der Waals surface area contributed by atoms with Crippen molar-refractivity contribution in [3.8, 4) is 0 Å². The lowest BCUT2D eigenvalue weighted by Crippen LogP contribution is -2.35. The Morgan fingerprint density at radius 3 is 2.15 bits per heavy atom. The lowest BCUT2D eigenvalue weighted by atomic mass is 10.1. The molecular formula is C27H36N4O3. The number of anilines is 2. The summed E-state index contributed by atoms with van der Waals surface area (Å²) in [6, 6.07) is 14.3. The molecule has 2 N–H and O–H groups in total.